The summed E-state index contributed by atoms with van der Waals surface area (Å²) in [5.74, 6) is -1.40. The van der Waals surface area contributed by atoms with E-state index >= 15 is 0 Å². The second-order valence-electron chi connectivity index (χ2n) is 4.26. The number of aryl methyl sites for hydroxylation is 1. The lowest BCUT2D eigenvalue weighted by Gasteiger charge is -2.10. The summed E-state index contributed by atoms with van der Waals surface area (Å²) in [6.07, 6.45) is 0. The van der Waals surface area contributed by atoms with Crippen LogP contribution in [-0.2, 0) is 0 Å². The van der Waals surface area contributed by atoms with E-state index in [4.69, 9.17) is 0 Å². The van der Waals surface area contributed by atoms with Gasteiger partial charge in [-0.3, -0.25) is 4.79 Å². The number of carbonyl (C=O) groups excluding carboxylic acids is 1. The van der Waals surface area contributed by atoms with Crippen LogP contribution in [0.2, 0.25) is 0 Å². The normalized spacial score (nSPS) is 10.1. The summed E-state index contributed by atoms with van der Waals surface area (Å²) in [5, 5.41) is 11.8. The van der Waals surface area contributed by atoms with E-state index in [0.29, 0.717) is 16.8 Å². The van der Waals surface area contributed by atoms with Crippen LogP contribution >= 0.6 is 15.9 Å². The molecule has 20 heavy (non-hydrogen) atoms. The number of anilines is 1. The van der Waals surface area contributed by atoms with Crippen molar-refractivity contribution in [2.45, 2.75) is 6.92 Å². The van der Waals surface area contributed by atoms with Gasteiger partial charge in [-0.25, -0.2) is 4.79 Å². The van der Waals surface area contributed by atoms with Gasteiger partial charge in [-0.05, 0) is 42.8 Å². The minimum Gasteiger partial charge on any atom is -0.478 e. The van der Waals surface area contributed by atoms with E-state index in [0.717, 1.165) is 4.47 Å². The van der Waals surface area contributed by atoms with Gasteiger partial charge >= 0.3 is 5.97 Å². The highest BCUT2D eigenvalue weighted by molar-refractivity contribution is 9.10. The summed E-state index contributed by atoms with van der Waals surface area (Å²) < 4.78 is 0.871. The average Bonchev–Trinajstić information content (AvgIpc) is 2.39. The first kappa shape index (κ1) is 14.3. The van der Waals surface area contributed by atoms with Crippen molar-refractivity contribution in [3.63, 3.8) is 0 Å². The smallest absolute Gasteiger partial charge is 0.338 e. The van der Waals surface area contributed by atoms with Crippen LogP contribution in [0.15, 0.2) is 46.9 Å². The van der Waals surface area contributed by atoms with Gasteiger partial charge in [0.1, 0.15) is 0 Å². The lowest BCUT2D eigenvalue weighted by atomic mass is 10.1. The van der Waals surface area contributed by atoms with Crippen molar-refractivity contribution in [3.05, 3.63) is 63.6 Å². The molecule has 102 valence electrons. The Labute approximate surface area is 124 Å². The van der Waals surface area contributed by atoms with Crippen LogP contribution in [0.4, 0.5) is 5.69 Å². The molecule has 0 aliphatic carbocycles. The molecule has 0 spiro atoms. The molecule has 2 aromatic carbocycles. The highest BCUT2D eigenvalue weighted by Crippen LogP contribution is 2.20. The molecule has 0 aliphatic rings. The van der Waals surface area contributed by atoms with Gasteiger partial charge in [-0.2, -0.15) is 0 Å². The molecular weight excluding hydrogens is 322 g/mol. The molecule has 2 rings (SSSR count). The number of carboxylic acid groups (broad SMARTS) is 1. The summed E-state index contributed by atoms with van der Waals surface area (Å²) in [5.41, 5.74) is 1.47. The Morgan fingerprint density at radius 3 is 2.35 bits per heavy atom. The Balaban J connectivity index is 2.30. The van der Waals surface area contributed by atoms with Gasteiger partial charge < -0.3 is 10.4 Å². The fraction of sp³-hybridized carbons (Fsp3) is 0.0667. The molecule has 0 saturated carbocycles. The Hall–Kier alpha value is -2.14. The van der Waals surface area contributed by atoms with E-state index in [9.17, 15) is 14.7 Å². The van der Waals surface area contributed by atoms with Gasteiger partial charge in [0, 0.05) is 10.0 Å². The topological polar surface area (TPSA) is 66.4 Å². The van der Waals surface area contributed by atoms with E-state index in [-0.39, 0.29) is 11.5 Å². The third kappa shape index (κ3) is 3.05. The van der Waals surface area contributed by atoms with Gasteiger partial charge in [0.25, 0.3) is 5.91 Å². The zero-order valence-electron chi connectivity index (χ0n) is 10.7. The number of hydrogen-bond acceptors (Lipinski definition) is 2. The molecule has 0 aliphatic heterocycles. The van der Waals surface area contributed by atoms with E-state index in [2.05, 4.69) is 21.2 Å². The Morgan fingerprint density at radius 1 is 1.10 bits per heavy atom. The first-order chi connectivity index (χ1) is 9.49. The number of aromatic carboxylic acids is 1. The number of rotatable bonds is 3. The lowest BCUT2D eigenvalue weighted by Crippen LogP contribution is -2.15. The second kappa shape index (κ2) is 5.88. The molecule has 0 atom stereocenters. The fourth-order valence-corrected chi connectivity index (χ4v) is 2.12. The van der Waals surface area contributed by atoms with Crippen molar-refractivity contribution in [1.82, 2.24) is 0 Å². The van der Waals surface area contributed by atoms with Gasteiger partial charge in [0.05, 0.1) is 11.3 Å². The average molecular weight is 334 g/mol. The van der Waals surface area contributed by atoms with E-state index in [1.54, 1.807) is 49.4 Å². The summed E-state index contributed by atoms with van der Waals surface area (Å²) >= 11 is 3.29. The van der Waals surface area contributed by atoms with Gasteiger partial charge in [0.15, 0.2) is 0 Å². The van der Waals surface area contributed by atoms with Crippen LogP contribution in [0.3, 0.4) is 0 Å². The zero-order chi connectivity index (χ0) is 14.7. The van der Waals surface area contributed by atoms with Crippen LogP contribution in [0.25, 0.3) is 0 Å². The van der Waals surface area contributed by atoms with E-state index < -0.39 is 5.97 Å². The molecule has 0 aromatic heterocycles. The van der Waals surface area contributed by atoms with Gasteiger partial charge in [-0.1, -0.05) is 28.1 Å². The molecule has 0 bridgehead atoms. The maximum absolute atomic E-state index is 12.1. The summed E-state index contributed by atoms with van der Waals surface area (Å²) in [6.45, 7) is 1.69. The molecule has 2 aromatic rings. The maximum atomic E-state index is 12.1. The minimum absolute atomic E-state index is 0.109. The van der Waals surface area contributed by atoms with Crippen LogP contribution < -0.4 is 5.32 Å². The quantitative estimate of drug-likeness (QED) is 0.899. The van der Waals surface area contributed by atoms with Crippen LogP contribution in [0, 0.1) is 6.92 Å². The van der Waals surface area contributed by atoms with Gasteiger partial charge in [-0.15, -0.1) is 0 Å². The standard InChI is InChI=1S/C15H12BrNO3/c1-9-3-2-4-12(13(9)15(19)20)17-14(18)10-5-7-11(16)8-6-10/h2-8H,1H3,(H,17,18)(H,19,20). The predicted octanol–water partition coefficient (Wildman–Crippen LogP) is 3.71. The first-order valence-corrected chi connectivity index (χ1v) is 6.68. The Bertz CT molecular complexity index is 665. The van der Waals surface area contributed by atoms with Gasteiger partial charge in [0.2, 0.25) is 0 Å². The molecule has 5 heteroatoms. The fourth-order valence-electron chi connectivity index (χ4n) is 1.85. The van der Waals surface area contributed by atoms with Crippen LogP contribution in [0.1, 0.15) is 26.3 Å². The SMILES string of the molecule is Cc1cccc(NC(=O)c2ccc(Br)cc2)c1C(=O)O. The molecule has 4 nitrogen and oxygen atoms in total. The van der Waals surface area contributed by atoms with E-state index in [1.165, 1.54) is 0 Å². The Morgan fingerprint density at radius 2 is 1.75 bits per heavy atom. The van der Waals surface area contributed by atoms with Crippen molar-refractivity contribution < 1.29 is 14.7 Å². The number of nitrogens with one attached hydrogen (secondary N) is 1. The summed E-state index contributed by atoms with van der Waals surface area (Å²) in [7, 11) is 0. The summed E-state index contributed by atoms with van der Waals surface area (Å²) in [4.78, 5) is 23.3. The number of hydrogen-bond donors (Lipinski definition) is 2. The molecule has 0 radical (unpaired) electrons. The zero-order valence-corrected chi connectivity index (χ0v) is 12.3. The number of amides is 1. The molecular formula is C15H12BrNO3. The lowest BCUT2D eigenvalue weighted by molar-refractivity contribution is 0.0697. The molecule has 1 amide bonds. The highest BCUT2D eigenvalue weighted by Gasteiger charge is 2.15. The molecule has 0 fully saturated rings. The van der Waals surface area contributed by atoms with Crippen molar-refractivity contribution in [3.8, 4) is 0 Å². The number of halogens is 1. The monoisotopic (exact) mass is 333 g/mol. The van der Waals surface area contributed by atoms with Crippen molar-refractivity contribution in [2.75, 3.05) is 5.32 Å². The molecule has 0 heterocycles. The van der Waals surface area contributed by atoms with Crippen molar-refractivity contribution in [2.24, 2.45) is 0 Å². The first-order valence-electron chi connectivity index (χ1n) is 5.89. The largest absolute Gasteiger partial charge is 0.478 e. The second-order valence-corrected chi connectivity index (χ2v) is 5.18. The van der Waals surface area contributed by atoms with E-state index in [1.807, 2.05) is 0 Å². The van der Waals surface area contributed by atoms with Crippen molar-refractivity contribution >= 4 is 33.5 Å². The number of benzene rings is 2. The third-order valence-corrected chi connectivity index (χ3v) is 3.37. The predicted molar refractivity (Wildman–Crippen MR) is 80.2 cm³/mol. The van der Waals surface area contributed by atoms with Crippen molar-refractivity contribution in [1.29, 1.82) is 0 Å². The van der Waals surface area contributed by atoms with Crippen LogP contribution in [0.5, 0.6) is 0 Å². The Kier molecular flexibility index (Phi) is 4.20. The molecule has 2 N–H and O–H groups in total. The maximum Gasteiger partial charge on any atom is 0.338 e. The molecule has 0 unspecified atom stereocenters. The molecule has 0 saturated heterocycles. The third-order valence-electron chi connectivity index (χ3n) is 2.84. The number of carbonyl (C=O) groups is 2. The highest BCUT2D eigenvalue weighted by atomic mass is 79.9. The minimum atomic E-state index is -1.06. The number of carboxylic acids is 1. The summed E-state index contributed by atoms with van der Waals surface area (Å²) in [6, 6.07) is 11.8. The van der Waals surface area contributed by atoms with Crippen LogP contribution in [-0.4, -0.2) is 17.0 Å².